The quantitative estimate of drug-likeness (QED) is 0.238. The van der Waals surface area contributed by atoms with E-state index in [1.807, 2.05) is 78.9 Å². The van der Waals surface area contributed by atoms with Crippen LogP contribution in [0, 0.1) is 17.2 Å². The van der Waals surface area contributed by atoms with Gasteiger partial charge in [0.2, 0.25) is 5.88 Å². The third-order valence-electron chi connectivity index (χ3n) is 5.57. The highest BCUT2D eigenvalue weighted by atomic mass is 16.5. The van der Waals surface area contributed by atoms with Crippen molar-refractivity contribution in [3.8, 4) is 40.0 Å². The van der Waals surface area contributed by atoms with E-state index in [1.165, 1.54) is 0 Å². The Labute approximate surface area is 206 Å². The number of aliphatic imine (C=N–C) groups is 1. The Morgan fingerprint density at radius 1 is 0.943 bits per heavy atom. The SMILES string of the molecule is COc1cc(C=Nc2oc(-c3ccccc3)c(-c3ccccc3)c2C#N)ccc1OCCC(C)C. The first kappa shape index (κ1) is 23.8. The lowest BCUT2D eigenvalue weighted by molar-refractivity contribution is 0.273. The first-order valence-electron chi connectivity index (χ1n) is 11.6. The molecule has 0 saturated carbocycles. The van der Waals surface area contributed by atoms with E-state index in [1.54, 1.807) is 13.3 Å². The second kappa shape index (κ2) is 11.2. The van der Waals surface area contributed by atoms with E-state index in [-0.39, 0.29) is 5.88 Å². The van der Waals surface area contributed by atoms with Crippen LogP contribution in [0.1, 0.15) is 31.4 Å². The Hall–Kier alpha value is -4.30. The number of benzene rings is 3. The monoisotopic (exact) mass is 464 g/mol. The zero-order valence-corrected chi connectivity index (χ0v) is 20.2. The summed E-state index contributed by atoms with van der Waals surface area (Å²) in [7, 11) is 1.62. The Morgan fingerprint density at radius 3 is 2.26 bits per heavy atom. The van der Waals surface area contributed by atoms with Crippen molar-refractivity contribution in [2.45, 2.75) is 20.3 Å². The minimum Gasteiger partial charge on any atom is -0.493 e. The molecule has 0 aliphatic carbocycles. The van der Waals surface area contributed by atoms with Crippen molar-refractivity contribution in [1.29, 1.82) is 5.26 Å². The summed E-state index contributed by atoms with van der Waals surface area (Å²) in [6, 6.07) is 27.5. The molecule has 0 N–H and O–H groups in total. The summed E-state index contributed by atoms with van der Waals surface area (Å²) in [6.07, 6.45) is 2.64. The van der Waals surface area contributed by atoms with Crippen LogP contribution in [0.25, 0.3) is 22.5 Å². The molecule has 0 spiro atoms. The van der Waals surface area contributed by atoms with Gasteiger partial charge in [-0.2, -0.15) is 5.26 Å². The van der Waals surface area contributed by atoms with E-state index in [9.17, 15) is 5.26 Å². The lowest BCUT2D eigenvalue weighted by Gasteiger charge is -2.12. The molecular weight excluding hydrogens is 436 g/mol. The smallest absolute Gasteiger partial charge is 0.238 e. The summed E-state index contributed by atoms with van der Waals surface area (Å²) in [6.45, 7) is 4.96. The Bertz CT molecular complexity index is 1330. The van der Waals surface area contributed by atoms with Gasteiger partial charge in [-0.05, 0) is 41.7 Å². The molecule has 4 rings (SSSR count). The summed E-state index contributed by atoms with van der Waals surface area (Å²) in [5.74, 6) is 2.77. The fourth-order valence-electron chi connectivity index (χ4n) is 3.71. The predicted molar refractivity (Wildman–Crippen MR) is 139 cm³/mol. The zero-order valence-electron chi connectivity index (χ0n) is 20.2. The van der Waals surface area contributed by atoms with Crippen molar-refractivity contribution in [3.63, 3.8) is 0 Å². The molecule has 0 aliphatic rings. The number of furan rings is 1. The van der Waals surface area contributed by atoms with E-state index in [4.69, 9.17) is 13.9 Å². The third kappa shape index (κ3) is 5.62. The normalized spacial score (nSPS) is 11.1. The lowest BCUT2D eigenvalue weighted by Crippen LogP contribution is -2.02. The second-order valence-electron chi connectivity index (χ2n) is 8.53. The number of nitrogens with zero attached hydrogens (tertiary/aromatic N) is 2. The highest BCUT2D eigenvalue weighted by Crippen LogP contribution is 2.42. The van der Waals surface area contributed by atoms with Crippen LogP contribution in [0.3, 0.4) is 0 Å². The molecule has 176 valence electrons. The molecule has 4 aromatic rings. The molecule has 5 heteroatoms. The van der Waals surface area contributed by atoms with Crippen LogP contribution in [0.15, 0.2) is 88.3 Å². The number of methoxy groups -OCH3 is 1. The molecule has 0 atom stereocenters. The summed E-state index contributed by atoms with van der Waals surface area (Å²) in [5.41, 5.74) is 3.72. The van der Waals surface area contributed by atoms with E-state index < -0.39 is 0 Å². The molecule has 0 bridgehead atoms. The van der Waals surface area contributed by atoms with Gasteiger partial charge in [-0.25, -0.2) is 4.99 Å². The van der Waals surface area contributed by atoms with Crippen LogP contribution in [-0.4, -0.2) is 19.9 Å². The van der Waals surface area contributed by atoms with Gasteiger partial charge in [-0.15, -0.1) is 0 Å². The molecule has 1 heterocycles. The Balaban J connectivity index is 1.70. The van der Waals surface area contributed by atoms with E-state index >= 15 is 0 Å². The standard InChI is InChI=1S/C30H28N2O3/c1-21(2)16-17-34-26-15-14-22(18-27(26)33-3)20-32-30-25(19-31)28(23-10-6-4-7-11-23)29(35-30)24-12-8-5-9-13-24/h4-15,18,20-21H,16-17H2,1-3H3. The van der Waals surface area contributed by atoms with Crippen molar-refractivity contribution < 1.29 is 13.9 Å². The number of ether oxygens (including phenoxy) is 2. The molecule has 1 aromatic heterocycles. The largest absolute Gasteiger partial charge is 0.493 e. The topological polar surface area (TPSA) is 67.8 Å². The van der Waals surface area contributed by atoms with Crippen LogP contribution < -0.4 is 9.47 Å². The van der Waals surface area contributed by atoms with Gasteiger partial charge in [0.25, 0.3) is 0 Å². The number of hydrogen-bond acceptors (Lipinski definition) is 5. The molecular formula is C30H28N2O3. The van der Waals surface area contributed by atoms with Crippen molar-refractivity contribution in [3.05, 3.63) is 90.0 Å². The molecule has 0 unspecified atom stereocenters. The lowest BCUT2D eigenvalue weighted by atomic mass is 9.98. The van der Waals surface area contributed by atoms with Crippen molar-refractivity contribution in [2.24, 2.45) is 10.9 Å². The van der Waals surface area contributed by atoms with E-state index in [0.29, 0.717) is 35.3 Å². The summed E-state index contributed by atoms with van der Waals surface area (Å²) < 4.78 is 17.6. The van der Waals surface area contributed by atoms with E-state index in [2.05, 4.69) is 24.9 Å². The molecule has 0 amide bonds. The fourth-order valence-corrected chi connectivity index (χ4v) is 3.71. The van der Waals surface area contributed by atoms with Crippen LogP contribution in [0.4, 0.5) is 5.88 Å². The van der Waals surface area contributed by atoms with Gasteiger partial charge in [-0.1, -0.05) is 74.5 Å². The van der Waals surface area contributed by atoms with Crippen LogP contribution in [0.2, 0.25) is 0 Å². The first-order valence-corrected chi connectivity index (χ1v) is 11.6. The summed E-state index contributed by atoms with van der Waals surface area (Å²) in [5, 5.41) is 10.0. The molecule has 0 radical (unpaired) electrons. The maximum atomic E-state index is 10.0. The van der Waals surface area contributed by atoms with Gasteiger partial charge in [0, 0.05) is 17.3 Å². The Morgan fingerprint density at radius 2 is 1.63 bits per heavy atom. The van der Waals surface area contributed by atoms with Gasteiger partial charge < -0.3 is 13.9 Å². The Kier molecular flexibility index (Phi) is 7.64. The average Bonchev–Trinajstić information content (AvgIpc) is 3.27. The van der Waals surface area contributed by atoms with Gasteiger partial charge in [0.15, 0.2) is 11.5 Å². The van der Waals surface area contributed by atoms with Gasteiger partial charge >= 0.3 is 0 Å². The third-order valence-corrected chi connectivity index (χ3v) is 5.57. The summed E-state index contributed by atoms with van der Waals surface area (Å²) >= 11 is 0. The van der Waals surface area contributed by atoms with Crippen molar-refractivity contribution in [2.75, 3.05) is 13.7 Å². The molecule has 3 aromatic carbocycles. The molecule has 0 aliphatic heterocycles. The highest BCUT2D eigenvalue weighted by molar-refractivity contribution is 5.90. The molecule has 35 heavy (non-hydrogen) atoms. The van der Waals surface area contributed by atoms with Gasteiger partial charge in [-0.3, -0.25) is 0 Å². The summed E-state index contributed by atoms with van der Waals surface area (Å²) in [4.78, 5) is 4.56. The van der Waals surface area contributed by atoms with Crippen molar-refractivity contribution in [1.82, 2.24) is 0 Å². The maximum absolute atomic E-state index is 10.0. The van der Waals surface area contributed by atoms with Crippen LogP contribution in [-0.2, 0) is 0 Å². The second-order valence-corrected chi connectivity index (χ2v) is 8.53. The number of nitriles is 1. The van der Waals surface area contributed by atoms with Gasteiger partial charge in [0.1, 0.15) is 17.4 Å². The number of rotatable bonds is 9. The van der Waals surface area contributed by atoms with Crippen molar-refractivity contribution >= 4 is 12.1 Å². The zero-order chi connectivity index (χ0) is 24.6. The average molecular weight is 465 g/mol. The minimum atomic E-state index is 0.265. The molecule has 0 fully saturated rings. The maximum Gasteiger partial charge on any atom is 0.238 e. The molecule has 0 saturated heterocycles. The fraction of sp³-hybridized carbons (Fsp3) is 0.200. The predicted octanol–water partition coefficient (Wildman–Crippen LogP) is 7.67. The minimum absolute atomic E-state index is 0.265. The number of hydrogen-bond donors (Lipinski definition) is 0. The van der Waals surface area contributed by atoms with Crippen LogP contribution in [0.5, 0.6) is 11.5 Å². The highest BCUT2D eigenvalue weighted by Gasteiger charge is 2.22. The molecule has 5 nitrogen and oxygen atoms in total. The van der Waals surface area contributed by atoms with Gasteiger partial charge in [0.05, 0.1) is 13.7 Å². The van der Waals surface area contributed by atoms with Crippen LogP contribution >= 0.6 is 0 Å². The first-order chi connectivity index (χ1) is 17.1. The van der Waals surface area contributed by atoms with E-state index in [0.717, 1.165) is 28.7 Å².